The summed E-state index contributed by atoms with van der Waals surface area (Å²) in [5, 5.41) is 4.69. The molecule has 18 heteroatoms. The number of likely N-dealkylation sites (tertiary alicyclic amines) is 1. The number of alkyl halides is 2. The highest BCUT2D eigenvalue weighted by molar-refractivity contribution is 7.99. The van der Waals surface area contributed by atoms with Gasteiger partial charge in [-0.15, -0.1) is 0 Å². The highest BCUT2D eigenvalue weighted by Crippen LogP contribution is 2.46. The molecule has 3 heterocycles. The molecule has 4 amide bonds. The first kappa shape index (κ1) is 48.5. The van der Waals surface area contributed by atoms with Gasteiger partial charge in [-0.3, -0.25) is 19.1 Å². The third kappa shape index (κ3) is 14.5. The highest BCUT2D eigenvalue weighted by atomic mass is 32.2. The molecule has 2 aromatic carbocycles. The van der Waals surface area contributed by atoms with E-state index in [0.717, 1.165) is 43.7 Å². The van der Waals surface area contributed by atoms with Crippen LogP contribution in [0.2, 0.25) is 0 Å². The SMILES string of the molecule is CC(C)C.COc1nc2c3c(ccc2nc1-c1cccc(OCC(C)(C)COC(=O)NCC(=O)N2CCCC2C)c1)OCO3.C[C@@H](C(F)F)C(NC=O)C(=O)NSC1(C)CC1. The Kier molecular flexibility index (Phi) is 17.6. The van der Waals surface area contributed by atoms with Gasteiger partial charge in [-0.05, 0) is 81.7 Å². The molecule has 2 aliphatic heterocycles. The van der Waals surface area contributed by atoms with Crippen LogP contribution in [0.4, 0.5) is 13.6 Å². The van der Waals surface area contributed by atoms with Gasteiger partial charge in [0.15, 0.2) is 11.5 Å². The summed E-state index contributed by atoms with van der Waals surface area (Å²) in [5.41, 5.74) is 2.08. The van der Waals surface area contributed by atoms with E-state index in [1.165, 1.54) is 18.9 Å². The topological polar surface area (TPSA) is 180 Å². The van der Waals surface area contributed by atoms with Crippen LogP contribution in [0.5, 0.6) is 23.1 Å². The molecule has 1 saturated carbocycles. The smallest absolute Gasteiger partial charge is 0.407 e. The van der Waals surface area contributed by atoms with Crippen molar-refractivity contribution in [3.8, 4) is 34.4 Å². The number of carbonyl (C=O) groups excluding carboxylic acids is 4. The minimum Gasteiger partial charge on any atom is -0.493 e. The summed E-state index contributed by atoms with van der Waals surface area (Å²) in [5.74, 6) is 1.10. The maximum Gasteiger partial charge on any atom is 0.407 e. The average Bonchev–Trinajstić information content (AvgIpc) is 3.54. The number of rotatable bonds is 16. The van der Waals surface area contributed by atoms with Gasteiger partial charge < -0.3 is 39.2 Å². The van der Waals surface area contributed by atoms with E-state index in [1.807, 2.05) is 64.1 Å². The summed E-state index contributed by atoms with van der Waals surface area (Å²) in [6.45, 7) is 16.8. The normalized spacial score (nSPS) is 16.9. The zero-order valence-electron chi connectivity index (χ0n) is 36.5. The summed E-state index contributed by atoms with van der Waals surface area (Å²) < 4.78 is 55.6. The molecule has 3 atom stereocenters. The lowest BCUT2D eigenvalue weighted by molar-refractivity contribution is -0.130. The van der Waals surface area contributed by atoms with E-state index < -0.39 is 35.8 Å². The Morgan fingerprint density at radius 1 is 1.08 bits per heavy atom. The van der Waals surface area contributed by atoms with Crippen LogP contribution in [0.3, 0.4) is 0 Å². The molecule has 1 aliphatic carbocycles. The van der Waals surface area contributed by atoms with E-state index in [1.54, 1.807) is 12.0 Å². The van der Waals surface area contributed by atoms with Crippen molar-refractivity contribution in [1.82, 2.24) is 30.2 Å². The third-order valence-electron chi connectivity index (χ3n) is 9.73. The number of fused-ring (bicyclic) bond motifs is 3. The number of carbonyl (C=O) groups is 4. The monoisotopic (exact) mass is 874 g/mol. The van der Waals surface area contributed by atoms with Crippen LogP contribution < -0.4 is 34.3 Å². The van der Waals surface area contributed by atoms with E-state index in [4.69, 9.17) is 28.7 Å². The maximum atomic E-state index is 12.5. The quantitative estimate of drug-likeness (QED) is 0.0979. The second-order valence-corrected chi connectivity index (χ2v) is 18.3. The van der Waals surface area contributed by atoms with Crippen LogP contribution in [0, 0.1) is 17.3 Å². The molecule has 61 heavy (non-hydrogen) atoms. The van der Waals surface area contributed by atoms with Gasteiger partial charge in [0.25, 0.3) is 5.91 Å². The molecule has 6 rings (SSSR count). The van der Waals surface area contributed by atoms with Crippen molar-refractivity contribution in [3.05, 3.63) is 36.4 Å². The molecule has 0 bridgehead atoms. The Balaban J connectivity index is 0.000000324. The number of halogens is 2. The molecule has 2 unspecified atom stereocenters. The van der Waals surface area contributed by atoms with Gasteiger partial charge in [0.1, 0.15) is 36.2 Å². The van der Waals surface area contributed by atoms with E-state index in [9.17, 15) is 28.0 Å². The minimum absolute atomic E-state index is 0.0233. The third-order valence-corrected chi connectivity index (χ3v) is 10.9. The fourth-order valence-electron chi connectivity index (χ4n) is 5.92. The van der Waals surface area contributed by atoms with Crippen molar-refractivity contribution in [3.63, 3.8) is 0 Å². The lowest BCUT2D eigenvalue weighted by atomic mass is 9.96. The molecule has 3 N–H and O–H groups in total. The molecular formula is C43H60F2N6O9S. The van der Waals surface area contributed by atoms with Crippen LogP contribution in [0.25, 0.3) is 22.3 Å². The molecule has 0 radical (unpaired) electrons. The minimum atomic E-state index is -2.65. The van der Waals surface area contributed by atoms with Crippen molar-refractivity contribution >= 4 is 47.3 Å². The Bertz CT molecular complexity index is 1970. The molecule has 15 nitrogen and oxygen atoms in total. The molecule has 3 aliphatic rings. The maximum absolute atomic E-state index is 12.5. The highest BCUT2D eigenvalue weighted by Gasteiger charge is 2.40. The molecular weight excluding hydrogens is 815 g/mol. The summed E-state index contributed by atoms with van der Waals surface area (Å²) in [6, 6.07) is 10.1. The number of methoxy groups -OCH3 is 1. The molecule has 1 aromatic heterocycles. The molecule has 336 valence electrons. The lowest BCUT2D eigenvalue weighted by Crippen LogP contribution is -2.48. The fourth-order valence-corrected chi connectivity index (χ4v) is 6.70. The van der Waals surface area contributed by atoms with E-state index >= 15 is 0 Å². The molecule has 1 saturated heterocycles. The number of amides is 4. The largest absolute Gasteiger partial charge is 0.493 e. The predicted octanol–water partition coefficient (Wildman–Crippen LogP) is 7.16. The van der Waals surface area contributed by atoms with Gasteiger partial charge in [-0.2, -0.15) is 0 Å². The van der Waals surface area contributed by atoms with Crippen molar-refractivity contribution in [2.45, 2.75) is 104 Å². The van der Waals surface area contributed by atoms with Gasteiger partial charge in [-0.25, -0.2) is 23.5 Å². The van der Waals surface area contributed by atoms with Crippen molar-refractivity contribution in [1.29, 1.82) is 0 Å². The second-order valence-electron chi connectivity index (χ2n) is 16.9. The van der Waals surface area contributed by atoms with Crippen LogP contribution in [0.1, 0.15) is 81.1 Å². The first-order valence-corrected chi connectivity index (χ1v) is 21.2. The Labute approximate surface area is 360 Å². The average molecular weight is 875 g/mol. The number of ether oxygens (including phenoxy) is 5. The van der Waals surface area contributed by atoms with Gasteiger partial charge in [0.05, 0.1) is 19.2 Å². The van der Waals surface area contributed by atoms with Crippen LogP contribution >= 0.6 is 11.9 Å². The first-order valence-electron chi connectivity index (χ1n) is 20.4. The number of nitrogens with one attached hydrogen (secondary N) is 3. The first-order chi connectivity index (χ1) is 28.9. The number of alkyl carbamates (subject to hydrolysis) is 1. The molecule has 3 aromatic rings. The predicted molar refractivity (Wildman–Crippen MR) is 229 cm³/mol. The fraction of sp³-hybridized carbons (Fsp3) is 0.581. The van der Waals surface area contributed by atoms with Gasteiger partial charge in [0, 0.05) is 34.2 Å². The Morgan fingerprint density at radius 2 is 1.80 bits per heavy atom. The Hall–Kier alpha value is -5.13. The number of benzene rings is 2. The van der Waals surface area contributed by atoms with Crippen LogP contribution in [0.15, 0.2) is 36.4 Å². The number of hydrogen-bond acceptors (Lipinski definition) is 12. The van der Waals surface area contributed by atoms with Crippen LogP contribution in [-0.4, -0.2) is 103 Å². The summed E-state index contributed by atoms with van der Waals surface area (Å²) in [7, 11) is 1.54. The standard InChI is InChI=1S/C29H34N4O7.C10H16F2N2O2S.C4H10/c1-18-7-6-12-33(18)23(34)14-30-28(35)38-16-29(2,3)15-37-20-9-5-8-19(13-20)24-27(36-4)32-25-21(31-24)10-11-22-26(25)40-17-39-22;1-6(8(11)12)7(13-5-15)9(16)14-17-10(2)3-4-10;1-4(2)3/h5,8-11,13,18H,6-7,12,14-17H2,1-4H3,(H,30,35);5-8H,3-4H2,1-2H3,(H,13,15)(H,14,16);4H,1-3H3/t;6-,7?;/m.1./s1. The van der Waals surface area contributed by atoms with Crippen molar-refractivity contribution in [2.75, 3.05) is 40.2 Å². The zero-order valence-corrected chi connectivity index (χ0v) is 37.3. The summed E-state index contributed by atoms with van der Waals surface area (Å²) in [6.07, 6.45) is 0.961. The number of nitrogens with zero attached hydrogens (tertiary/aromatic N) is 3. The molecule has 0 spiro atoms. The number of aromatic nitrogens is 2. The summed E-state index contributed by atoms with van der Waals surface area (Å²) >= 11 is 1.24. The van der Waals surface area contributed by atoms with Crippen molar-refractivity contribution < 1.29 is 51.6 Å². The van der Waals surface area contributed by atoms with Gasteiger partial charge in [0.2, 0.25) is 31.4 Å². The van der Waals surface area contributed by atoms with Gasteiger partial charge >= 0.3 is 6.09 Å². The van der Waals surface area contributed by atoms with E-state index in [2.05, 4.69) is 41.1 Å². The van der Waals surface area contributed by atoms with E-state index in [-0.39, 0.29) is 49.7 Å². The van der Waals surface area contributed by atoms with Crippen LogP contribution in [-0.2, 0) is 19.1 Å². The van der Waals surface area contributed by atoms with Crippen molar-refractivity contribution in [2.24, 2.45) is 17.3 Å². The summed E-state index contributed by atoms with van der Waals surface area (Å²) in [4.78, 5) is 57.7. The molecule has 2 fully saturated rings. The second kappa shape index (κ2) is 22.1. The van der Waals surface area contributed by atoms with E-state index in [0.29, 0.717) is 39.9 Å². The number of hydrogen-bond donors (Lipinski definition) is 3. The zero-order chi connectivity index (χ0) is 44.9. The lowest BCUT2D eigenvalue weighted by Gasteiger charge is -2.25. The van der Waals surface area contributed by atoms with Gasteiger partial charge in [-0.1, -0.05) is 53.7 Å². The Morgan fingerprint density at radius 3 is 2.43 bits per heavy atom.